The third-order valence-electron chi connectivity index (χ3n) is 19.5. The van der Waals surface area contributed by atoms with Gasteiger partial charge >= 0.3 is 11.9 Å². The van der Waals surface area contributed by atoms with E-state index < -0.39 is 247 Å². The monoisotopic (exact) mass is 1740 g/mol. The number of rotatable bonds is 58. The molecule has 123 heavy (non-hydrogen) atoms. The Kier molecular flexibility index (Phi) is 47.6. The van der Waals surface area contributed by atoms with Crippen LogP contribution in [0.3, 0.4) is 0 Å². The predicted octanol–water partition coefficient (Wildman–Crippen LogP) is -8.96. The number of carboxylic acids is 2. The van der Waals surface area contributed by atoms with Gasteiger partial charge in [0.15, 0.2) is 11.9 Å². The van der Waals surface area contributed by atoms with Gasteiger partial charge in [-0.15, -0.1) is 0 Å². The number of carbonyl (C=O) groups is 18. The molecule has 0 radical (unpaired) electrons. The number of aliphatic hydroxyl groups excluding tert-OH is 1. The van der Waals surface area contributed by atoms with E-state index in [0.29, 0.717) is 24.9 Å². The van der Waals surface area contributed by atoms with Crippen LogP contribution in [-0.4, -0.2) is 273 Å². The van der Waals surface area contributed by atoms with E-state index >= 15 is 0 Å². The van der Waals surface area contributed by atoms with E-state index in [2.05, 4.69) is 100 Å². The van der Waals surface area contributed by atoms with Crippen molar-refractivity contribution in [1.29, 1.82) is 10.8 Å². The molecule has 0 saturated carbocycles. The molecular weight excluding hydrogens is 1620 g/mol. The van der Waals surface area contributed by atoms with Crippen molar-refractivity contribution < 1.29 is 107 Å². The van der Waals surface area contributed by atoms with Crippen LogP contribution in [0.25, 0.3) is 0 Å². The number of amides is 16. The van der Waals surface area contributed by atoms with E-state index in [1.807, 2.05) is 0 Å². The normalized spacial score (nSPS) is 15.1. The molecule has 0 aliphatic heterocycles. The van der Waals surface area contributed by atoms with E-state index in [-0.39, 0.29) is 94.7 Å². The lowest BCUT2D eigenvalue weighted by Gasteiger charge is -2.29. The summed E-state index contributed by atoms with van der Waals surface area (Å²) in [6.45, 7) is 10.9. The smallest absolute Gasteiger partial charge is 0.326 e. The van der Waals surface area contributed by atoms with Gasteiger partial charge in [-0.05, 0) is 108 Å². The maximum atomic E-state index is 14.5. The van der Waals surface area contributed by atoms with Crippen LogP contribution in [0.2, 0.25) is 0 Å². The molecule has 0 spiro atoms. The van der Waals surface area contributed by atoms with Crippen molar-refractivity contribution >= 4 is 118 Å². The molecule has 0 aliphatic rings. The second-order valence-electron chi connectivity index (χ2n) is 29.6. The first-order valence-corrected chi connectivity index (χ1v) is 40.1. The summed E-state index contributed by atoms with van der Waals surface area (Å²) in [6, 6.07) is -16.1. The number of aliphatic hydroxyl groups is 1. The molecule has 0 unspecified atom stereocenters. The quantitative estimate of drug-likeness (QED) is 0.0166. The minimum atomic E-state index is -1.88. The van der Waals surface area contributed by atoms with Crippen LogP contribution in [0.1, 0.15) is 151 Å². The average Bonchev–Trinajstić information content (AvgIpc) is 1.14. The minimum Gasteiger partial charge on any atom is -0.508 e. The van der Waals surface area contributed by atoms with Gasteiger partial charge in [-0.25, -0.2) is 9.78 Å². The van der Waals surface area contributed by atoms with Crippen LogP contribution >= 0.6 is 0 Å². The average molecular weight is 1740 g/mol. The molecule has 16 amide bonds. The first-order valence-electron chi connectivity index (χ1n) is 40.1. The summed E-state index contributed by atoms with van der Waals surface area (Å²) >= 11 is 0. The highest BCUT2D eigenvalue weighted by Gasteiger charge is 2.39. The highest BCUT2D eigenvalue weighted by atomic mass is 16.4. The van der Waals surface area contributed by atoms with Crippen LogP contribution in [0, 0.1) is 28.6 Å². The second-order valence-corrected chi connectivity index (χ2v) is 29.6. The molecular formula is C75H124N26O22. The van der Waals surface area contributed by atoms with Crippen molar-refractivity contribution in [3.8, 4) is 5.75 Å². The lowest BCUT2D eigenvalue weighted by atomic mass is 9.96. The van der Waals surface area contributed by atoms with Gasteiger partial charge < -0.3 is 144 Å². The summed E-state index contributed by atoms with van der Waals surface area (Å²) in [6.07, 6.45) is 1.44. The number of imidazole rings is 1. The van der Waals surface area contributed by atoms with Gasteiger partial charge in [0.2, 0.25) is 94.5 Å². The Morgan fingerprint density at radius 2 is 0.829 bits per heavy atom. The Morgan fingerprint density at radius 3 is 1.30 bits per heavy atom. The first kappa shape index (κ1) is 106. The number of hydrogen-bond donors (Lipinski definition) is 29. The number of phenols is 1. The van der Waals surface area contributed by atoms with Gasteiger partial charge in [0.05, 0.1) is 50.6 Å². The Labute approximate surface area is 710 Å². The number of aromatic amines is 1. The Morgan fingerprint density at radius 1 is 0.431 bits per heavy atom. The van der Waals surface area contributed by atoms with Gasteiger partial charge in [-0.3, -0.25) is 92.3 Å². The van der Waals surface area contributed by atoms with Crippen molar-refractivity contribution in [2.45, 2.75) is 237 Å². The third-order valence-corrected chi connectivity index (χ3v) is 19.5. The van der Waals surface area contributed by atoms with E-state index in [0.717, 1.165) is 0 Å². The number of primary amides is 1. The summed E-state index contributed by atoms with van der Waals surface area (Å²) in [5.41, 5.74) is 28.3. The Bertz CT molecular complexity index is 3930. The summed E-state index contributed by atoms with van der Waals surface area (Å²) < 4.78 is 0. The number of phenolic OH excluding ortho intramolecular Hbond substituents is 1. The zero-order valence-corrected chi connectivity index (χ0v) is 70.4. The standard InChI is InChI=1S/C75H124N26O22/c1-10-36(4)57(100-68(117)50(29-53(78)104)96-64(113)46(19-16-26-85-75(81)82)93-66(115)48(27-42-20-22-44(103)23-21-42)95-63(112)45(92-60(109)39(7)77)18-15-25-84-74(79)80)70(119)87-33-55(106)99-58(37(5)11-2)71(120)98-52(34-102)69(118)90-41(9)62(111)94-49(28-43-31-83-35-88-43)67(116)101-59(38(6)12-3)72(121)97-51(30-56(107)108)65(114)89-40(8)61(110)86-32-54(105)91-47(73(122)123)17-13-14-24-76/h20-23,31,35-41,45-52,57-59,102-103H,10-19,24-30,32-34,76-77H2,1-9H3,(H2,78,104)(H,83,88)(H,86,110)(H,87,119)(H,89,114)(H,90,118)(H,91,105)(H,92,109)(H,93,115)(H,94,111)(H,95,112)(H,96,113)(H,97,121)(H,98,120)(H,99,106)(H,100,117)(H,101,116)(H,107,108)(H,122,123)(H4,79,80,84)(H4,81,82,85)/t36-,37-,38-,39-,40-,41-,45-,46-,47-,48-,49-,50-,51-,52-,57-,58-,59-/m0/s1. The van der Waals surface area contributed by atoms with E-state index in [1.165, 1.54) is 71.4 Å². The lowest BCUT2D eigenvalue weighted by Crippen LogP contribution is -2.61. The maximum absolute atomic E-state index is 14.5. The summed E-state index contributed by atoms with van der Waals surface area (Å²) in [7, 11) is 0. The van der Waals surface area contributed by atoms with Crippen molar-refractivity contribution in [2.24, 2.45) is 46.4 Å². The van der Waals surface area contributed by atoms with Crippen LogP contribution in [-0.2, 0) is 99.1 Å². The van der Waals surface area contributed by atoms with Crippen molar-refractivity contribution in [1.82, 2.24) is 100 Å². The van der Waals surface area contributed by atoms with Crippen molar-refractivity contribution in [3.05, 3.63) is 48.0 Å². The lowest BCUT2D eigenvalue weighted by molar-refractivity contribution is -0.142. The summed E-state index contributed by atoms with van der Waals surface area (Å²) in [4.78, 5) is 251. The number of unbranched alkanes of at least 4 members (excludes halogenated alkanes) is 1. The molecule has 1 aromatic heterocycles. The highest BCUT2D eigenvalue weighted by molar-refractivity contribution is 6.01. The summed E-state index contributed by atoms with van der Waals surface area (Å²) in [5.74, 6) is -22.4. The number of guanidine groups is 2. The predicted molar refractivity (Wildman–Crippen MR) is 441 cm³/mol. The number of nitrogens with zero attached hydrogens (tertiary/aromatic N) is 1. The topological polar surface area (TPSA) is 799 Å². The molecule has 1 aromatic carbocycles. The number of aliphatic carboxylic acids is 2. The largest absolute Gasteiger partial charge is 0.508 e. The van der Waals surface area contributed by atoms with Crippen LogP contribution in [0.5, 0.6) is 5.75 Å². The number of aromatic nitrogens is 2. The highest BCUT2D eigenvalue weighted by Crippen LogP contribution is 2.17. The van der Waals surface area contributed by atoms with Gasteiger partial charge in [-0.1, -0.05) is 72.9 Å². The zero-order valence-electron chi connectivity index (χ0n) is 70.4. The fourth-order valence-corrected chi connectivity index (χ4v) is 11.6. The molecule has 0 saturated heterocycles. The van der Waals surface area contributed by atoms with Crippen LogP contribution in [0.4, 0.5) is 0 Å². The molecule has 48 nitrogen and oxygen atoms in total. The molecule has 1 heterocycles. The molecule has 17 atom stereocenters. The second kappa shape index (κ2) is 55.1. The van der Waals surface area contributed by atoms with Crippen LogP contribution < -0.4 is 119 Å². The first-order chi connectivity index (χ1) is 57.9. The van der Waals surface area contributed by atoms with E-state index in [4.69, 9.17) is 39.5 Å². The molecule has 34 N–H and O–H groups in total. The van der Waals surface area contributed by atoms with Gasteiger partial charge in [0.1, 0.15) is 84.3 Å². The SMILES string of the molecule is CC[C@H](C)[C@H](NC(=O)CNC(=O)[C@@H](NC(=O)[C@H](CC(N)=O)NC(=O)[C@H](CCCNC(=N)N)NC(=O)[C@H](Cc1ccc(O)cc1)NC(=O)[C@H](CCCNC(=N)N)NC(=O)[C@H](C)N)[C@@H](C)CC)C(=O)N[C@@H](CO)C(=O)N[C@@H](C)C(=O)N[C@@H](Cc1c[nH]cn1)C(=O)N[C@H](C(=O)N[C@@H](CC(=O)O)C(=O)N[C@@H](C)C(=O)NCC(=O)N[C@@H](CCCCN)C(=O)O)[C@@H](C)CC. The van der Waals surface area contributed by atoms with Gasteiger partial charge in [0.25, 0.3) is 0 Å². The molecule has 48 heteroatoms. The number of aromatic hydroxyl groups is 1. The van der Waals surface area contributed by atoms with Crippen molar-refractivity contribution in [3.63, 3.8) is 0 Å². The molecule has 0 fully saturated rings. The number of hydrogen-bond acceptors (Lipinski definition) is 25. The Balaban J connectivity index is 2.35. The Hall–Kier alpha value is -12.9. The minimum absolute atomic E-state index is 0.00593. The van der Waals surface area contributed by atoms with Crippen molar-refractivity contribution in [2.75, 3.05) is 39.3 Å². The number of nitrogens with two attached hydrogens (primary N) is 5. The molecule has 0 aliphatic carbocycles. The maximum Gasteiger partial charge on any atom is 0.326 e. The molecule has 2 rings (SSSR count). The molecule has 686 valence electrons. The molecule has 2 aromatic rings. The summed E-state index contributed by atoms with van der Waals surface area (Å²) in [5, 5.41) is 96.2. The van der Waals surface area contributed by atoms with Crippen LogP contribution in [0.15, 0.2) is 36.8 Å². The number of benzene rings is 1. The zero-order chi connectivity index (χ0) is 92.9. The fourth-order valence-electron chi connectivity index (χ4n) is 11.6. The van der Waals surface area contributed by atoms with E-state index in [9.17, 15) is 107 Å². The third kappa shape index (κ3) is 39.9. The van der Waals surface area contributed by atoms with Gasteiger partial charge in [-0.2, -0.15) is 0 Å². The fraction of sp³-hybridized carbons (Fsp3) is 0.613. The van der Waals surface area contributed by atoms with Gasteiger partial charge in [0, 0.05) is 32.1 Å². The number of H-pyrrole nitrogens is 1. The number of nitrogens with one attached hydrogen (secondary N) is 20. The number of carbonyl (C=O) groups excluding carboxylic acids is 16. The number of carboxylic acid groups (broad SMARTS) is 2. The molecule has 0 bridgehead atoms. The van der Waals surface area contributed by atoms with E-state index in [1.54, 1.807) is 27.7 Å².